The predicted octanol–water partition coefficient (Wildman–Crippen LogP) is 3.51. The van der Waals surface area contributed by atoms with Crippen LogP contribution in [0.3, 0.4) is 0 Å². The lowest BCUT2D eigenvalue weighted by Gasteiger charge is -2.31. The van der Waals surface area contributed by atoms with Crippen molar-refractivity contribution in [2.24, 2.45) is 0 Å². The number of likely N-dealkylation sites (tertiary alicyclic amines) is 1. The van der Waals surface area contributed by atoms with Gasteiger partial charge in [-0.15, -0.1) is 0 Å². The maximum atomic E-state index is 13.7. The highest BCUT2D eigenvalue weighted by Gasteiger charge is 2.25. The van der Waals surface area contributed by atoms with Crippen LogP contribution in [0.15, 0.2) is 42.7 Å². The third-order valence-corrected chi connectivity index (χ3v) is 5.17. The molecule has 0 bridgehead atoms. The zero-order valence-corrected chi connectivity index (χ0v) is 14.2. The molecule has 1 fully saturated rings. The molecule has 0 aliphatic carbocycles. The number of fused-ring (bicyclic) bond motifs is 1. The fourth-order valence-electron chi connectivity index (χ4n) is 2.94. The van der Waals surface area contributed by atoms with Gasteiger partial charge in [0.05, 0.1) is 10.3 Å². The molecule has 1 aromatic carbocycles. The number of hydrogen-bond acceptors (Lipinski definition) is 5. The quantitative estimate of drug-likeness (QED) is 0.720. The van der Waals surface area contributed by atoms with E-state index in [0.717, 1.165) is 17.5 Å². The second-order valence-electron chi connectivity index (χ2n) is 5.92. The molecule has 0 spiro atoms. The Morgan fingerprint density at radius 2 is 2.08 bits per heavy atom. The number of halogens is 1. The molecule has 3 heterocycles. The normalized spacial score (nSPS) is 15.5. The maximum absolute atomic E-state index is 13.7. The number of nitrogens with zero attached hydrogens (tertiary/aromatic N) is 3. The Balaban J connectivity index is 1.38. The van der Waals surface area contributed by atoms with Crippen molar-refractivity contribution in [1.29, 1.82) is 0 Å². The summed E-state index contributed by atoms with van der Waals surface area (Å²) < 4.78 is 20.4. The van der Waals surface area contributed by atoms with Gasteiger partial charge in [0.1, 0.15) is 17.4 Å². The average Bonchev–Trinajstić information content (AvgIpc) is 3.06. The summed E-state index contributed by atoms with van der Waals surface area (Å²) in [4.78, 5) is 22.5. The summed E-state index contributed by atoms with van der Waals surface area (Å²) in [6.07, 6.45) is 4.68. The summed E-state index contributed by atoms with van der Waals surface area (Å²) in [5.41, 5.74) is 0.954. The monoisotopic (exact) mass is 357 g/mol. The SMILES string of the molecule is O=C(c1cccnc1)N1CCC(Oc2nc3c(F)cccc3s2)CC1. The first-order valence-electron chi connectivity index (χ1n) is 8.12. The molecule has 0 saturated carbocycles. The standard InChI is InChI=1S/C18H16FN3O2S/c19-14-4-1-5-15-16(14)21-18(25-15)24-13-6-9-22(10-7-13)17(23)12-3-2-8-20-11-12/h1-5,8,11,13H,6-7,9-10H2. The Kier molecular flexibility index (Phi) is 4.31. The molecule has 4 rings (SSSR count). The second-order valence-corrected chi connectivity index (χ2v) is 6.91. The number of aromatic nitrogens is 2. The van der Waals surface area contributed by atoms with Gasteiger partial charge in [0.25, 0.3) is 11.1 Å². The van der Waals surface area contributed by atoms with Crippen LogP contribution < -0.4 is 4.74 Å². The molecule has 7 heteroatoms. The Hall–Kier alpha value is -2.54. The number of carbonyl (C=O) groups excluding carboxylic acids is 1. The van der Waals surface area contributed by atoms with Crippen molar-refractivity contribution in [3.05, 3.63) is 54.1 Å². The van der Waals surface area contributed by atoms with E-state index in [1.54, 1.807) is 30.6 Å². The summed E-state index contributed by atoms with van der Waals surface area (Å²) in [6, 6.07) is 8.43. The summed E-state index contributed by atoms with van der Waals surface area (Å²) in [5.74, 6) is -0.339. The zero-order chi connectivity index (χ0) is 17.2. The molecule has 1 amide bonds. The van der Waals surface area contributed by atoms with Gasteiger partial charge >= 0.3 is 0 Å². The van der Waals surface area contributed by atoms with Crippen LogP contribution in [-0.4, -0.2) is 40.0 Å². The van der Waals surface area contributed by atoms with Crippen molar-refractivity contribution in [2.45, 2.75) is 18.9 Å². The highest BCUT2D eigenvalue weighted by Crippen LogP contribution is 2.31. The molecule has 0 N–H and O–H groups in total. The van der Waals surface area contributed by atoms with E-state index in [1.165, 1.54) is 17.4 Å². The van der Waals surface area contributed by atoms with Gasteiger partial charge in [-0.25, -0.2) is 4.39 Å². The fraction of sp³-hybridized carbons (Fsp3) is 0.278. The van der Waals surface area contributed by atoms with Gasteiger partial charge in [-0.1, -0.05) is 17.4 Å². The highest BCUT2D eigenvalue weighted by atomic mass is 32.1. The van der Waals surface area contributed by atoms with E-state index in [2.05, 4.69) is 9.97 Å². The molecule has 25 heavy (non-hydrogen) atoms. The van der Waals surface area contributed by atoms with Gasteiger partial charge < -0.3 is 9.64 Å². The summed E-state index contributed by atoms with van der Waals surface area (Å²) >= 11 is 1.35. The van der Waals surface area contributed by atoms with E-state index < -0.39 is 0 Å². The molecule has 0 radical (unpaired) electrons. The predicted molar refractivity (Wildman–Crippen MR) is 93.4 cm³/mol. The Labute approximate surface area is 148 Å². The number of pyridine rings is 1. The van der Waals surface area contributed by atoms with E-state index in [9.17, 15) is 9.18 Å². The van der Waals surface area contributed by atoms with Crippen LogP contribution in [0.4, 0.5) is 4.39 Å². The van der Waals surface area contributed by atoms with Crippen LogP contribution in [0.2, 0.25) is 0 Å². The van der Waals surface area contributed by atoms with Crippen molar-refractivity contribution in [3.63, 3.8) is 0 Å². The number of hydrogen-bond donors (Lipinski definition) is 0. The molecule has 2 aromatic heterocycles. The smallest absolute Gasteiger partial charge is 0.274 e. The van der Waals surface area contributed by atoms with Crippen LogP contribution >= 0.6 is 11.3 Å². The number of piperidine rings is 1. The Morgan fingerprint density at radius 3 is 2.80 bits per heavy atom. The van der Waals surface area contributed by atoms with Gasteiger partial charge in [-0.3, -0.25) is 9.78 Å². The van der Waals surface area contributed by atoms with Crippen LogP contribution in [0, 0.1) is 5.82 Å². The summed E-state index contributed by atoms with van der Waals surface area (Å²) in [6.45, 7) is 1.25. The first kappa shape index (κ1) is 16.0. The van der Waals surface area contributed by atoms with Crippen molar-refractivity contribution in [2.75, 3.05) is 13.1 Å². The lowest BCUT2D eigenvalue weighted by Crippen LogP contribution is -2.41. The van der Waals surface area contributed by atoms with E-state index in [4.69, 9.17) is 4.74 Å². The fourth-order valence-corrected chi connectivity index (χ4v) is 3.83. The largest absolute Gasteiger partial charge is 0.467 e. The number of ether oxygens (including phenoxy) is 1. The third kappa shape index (κ3) is 3.32. The van der Waals surface area contributed by atoms with Crippen molar-refractivity contribution >= 4 is 27.5 Å². The number of rotatable bonds is 3. The van der Waals surface area contributed by atoms with Crippen LogP contribution in [-0.2, 0) is 0 Å². The summed E-state index contributed by atoms with van der Waals surface area (Å²) in [5, 5.41) is 0.483. The van der Waals surface area contributed by atoms with E-state index >= 15 is 0 Å². The molecule has 5 nitrogen and oxygen atoms in total. The molecule has 0 atom stereocenters. The highest BCUT2D eigenvalue weighted by molar-refractivity contribution is 7.20. The lowest BCUT2D eigenvalue weighted by molar-refractivity contribution is 0.0595. The number of carbonyl (C=O) groups is 1. The molecule has 1 aliphatic heterocycles. The van der Waals surface area contributed by atoms with Crippen molar-refractivity contribution in [1.82, 2.24) is 14.9 Å². The minimum absolute atomic E-state index is 0.00592. The molecule has 128 valence electrons. The minimum atomic E-state index is -0.333. The average molecular weight is 357 g/mol. The number of thiazole rings is 1. The van der Waals surface area contributed by atoms with Crippen LogP contribution in [0.25, 0.3) is 10.2 Å². The Morgan fingerprint density at radius 1 is 1.24 bits per heavy atom. The number of amides is 1. The first-order chi connectivity index (χ1) is 12.2. The second kappa shape index (κ2) is 6.76. The topological polar surface area (TPSA) is 55.3 Å². The maximum Gasteiger partial charge on any atom is 0.274 e. The van der Waals surface area contributed by atoms with Gasteiger partial charge in [0, 0.05) is 38.3 Å². The molecule has 1 saturated heterocycles. The van der Waals surface area contributed by atoms with Gasteiger partial charge in [-0.2, -0.15) is 4.98 Å². The van der Waals surface area contributed by atoms with E-state index in [1.807, 2.05) is 11.0 Å². The zero-order valence-electron chi connectivity index (χ0n) is 13.4. The number of benzene rings is 1. The Bertz CT molecular complexity index is 892. The molecule has 0 unspecified atom stereocenters. The van der Waals surface area contributed by atoms with Gasteiger partial charge in [0.15, 0.2) is 0 Å². The minimum Gasteiger partial charge on any atom is -0.467 e. The molecular weight excluding hydrogens is 341 g/mol. The third-order valence-electron chi connectivity index (χ3n) is 4.26. The van der Waals surface area contributed by atoms with Gasteiger partial charge in [0.2, 0.25) is 0 Å². The van der Waals surface area contributed by atoms with Crippen molar-refractivity contribution < 1.29 is 13.9 Å². The lowest BCUT2D eigenvalue weighted by atomic mass is 10.1. The van der Waals surface area contributed by atoms with Crippen LogP contribution in [0.1, 0.15) is 23.2 Å². The number of para-hydroxylation sites is 1. The summed E-state index contributed by atoms with van der Waals surface area (Å²) in [7, 11) is 0. The van der Waals surface area contributed by atoms with Crippen molar-refractivity contribution in [3.8, 4) is 5.19 Å². The molecule has 1 aliphatic rings. The van der Waals surface area contributed by atoms with E-state index in [-0.39, 0.29) is 17.8 Å². The van der Waals surface area contributed by atoms with E-state index in [0.29, 0.717) is 29.4 Å². The first-order valence-corrected chi connectivity index (χ1v) is 8.93. The van der Waals surface area contributed by atoms with Crippen LogP contribution in [0.5, 0.6) is 5.19 Å². The molecular formula is C18H16FN3O2S. The molecule has 3 aromatic rings. The van der Waals surface area contributed by atoms with Gasteiger partial charge in [-0.05, 0) is 24.3 Å².